The average Bonchev–Trinajstić information content (AvgIpc) is 3.37. The van der Waals surface area contributed by atoms with Crippen LogP contribution in [0.4, 0.5) is 0 Å². The van der Waals surface area contributed by atoms with Crippen molar-refractivity contribution in [2.45, 2.75) is 19.4 Å². The summed E-state index contributed by atoms with van der Waals surface area (Å²) in [5.41, 5.74) is 5.37. The molecule has 198 valence electrons. The maximum atomic E-state index is 12.4. The molecule has 3 heterocycles. The number of methoxy groups -OCH3 is 1. The highest BCUT2D eigenvalue weighted by Crippen LogP contribution is 2.40. The average molecular weight is 534 g/mol. The van der Waals surface area contributed by atoms with Gasteiger partial charge in [0.2, 0.25) is 0 Å². The molecule has 0 radical (unpaired) electrons. The molecule has 0 unspecified atom stereocenters. The lowest BCUT2D eigenvalue weighted by Gasteiger charge is -2.41. The number of amides is 1. The highest BCUT2D eigenvalue weighted by Gasteiger charge is 2.32. The first kappa shape index (κ1) is 26.2. The van der Waals surface area contributed by atoms with Gasteiger partial charge in [-0.05, 0) is 55.3 Å². The Morgan fingerprint density at radius 3 is 2.50 bits per heavy atom. The van der Waals surface area contributed by atoms with Gasteiger partial charge in [-0.15, -0.1) is 0 Å². The lowest BCUT2D eigenvalue weighted by atomic mass is 9.90. The number of fused-ring (bicyclic) bond motifs is 1. The van der Waals surface area contributed by atoms with Crippen molar-refractivity contribution < 1.29 is 18.7 Å². The zero-order valence-electron chi connectivity index (χ0n) is 22.4. The summed E-state index contributed by atoms with van der Waals surface area (Å²) in [5.74, 6) is 1.06. The molecule has 1 amide bonds. The molecule has 1 fully saturated rings. The van der Waals surface area contributed by atoms with Crippen LogP contribution in [0.25, 0.3) is 33.6 Å². The molecule has 8 heteroatoms. The predicted molar refractivity (Wildman–Crippen MR) is 150 cm³/mol. The largest absolute Gasteiger partial charge is 0.496 e. The Morgan fingerprint density at radius 1 is 1.05 bits per heavy atom. The van der Waals surface area contributed by atoms with E-state index >= 15 is 0 Å². The number of benzene rings is 2. The van der Waals surface area contributed by atoms with E-state index in [-0.39, 0.29) is 11.4 Å². The van der Waals surface area contributed by atoms with Crippen molar-refractivity contribution in [1.82, 2.24) is 14.8 Å². The number of hydrogen-bond donors (Lipinski definition) is 0. The van der Waals surface area contributed by atoms with Crippen LogP contribution >= 0.6 is 11.6 Å². The number of pyridine rings is 1. The predicted octanol–water partition coefficient (Wildman–Crippen LogP) is 6.09. The van der Waals surface area contributed by atoms with Crippen LogP contribution in [0.2, 0.25) is 5.02 Å². The fourth-order valence-electron chi connectivity index (χ4n) is 5.06. The van der Waals surface area contributed by atoms with E-state index in [0.29, 0.717) is 27.7 Å². The molecule has 0 saturated carbocycles. The smallest absolute Gasteiger partial charge is 0.253 e. The highest BCUT2D eigenvalue weighted by atomic mass is 35.5. The number of carbonyl (C=O) groups is 1. The van der Waals surface area contributed by atoms with Crippen LogP contribution in [-0.2, 0) is 10.3 Å². The molecule has 0 aliphatic carbocycles. The van der Waals surface area contributed by atoms with Crippen LogP contribution in [0.3, 0.4) is 0 Å². The number of hydrogen-bond acceptors (Lipinski definition) is 6. The minimum Gasteiger partial charge on any atom is -0.496 e. The van der Waals surface area contributed by atoms with Crippen LogP contribution in [0.15, 0.2) is 59.1 Å². The van der Waals surface area contributed by atoms with Gasteiger partial charge in [0, 0.05) is 61.1 Å². The van der Waals surface area contributed by atoms with Crippen molar-refractivity contribution in [3.05, 3.63) is 70.9 Å². The summed E-state index contributed by atoms with van der Waals surface area (Å²) < 4.78 is 17.5. The molecule has 0 atom stereocenters. The number of ether oxygens (including phenoxy) is 2. The van der Waals surface area contributed by atoms with Gasteiger partial charge in [0.05, 0.1) is 25.9 Å². The Labute approximate surface area is 227 Å². The van der Waals surface area contributed by atoms with Crippen molar-refractivity contribution in [2.75, 3.05) is 47.5 Å². The van der Waals surface area contributed by atoms with E-state index in [2.05, 4.69) is 35.9 Å². The second-order valence-electron chi connectivity index (χ2n) is 10.2. The monoisotopic (exact) mass is 533 g/mol. The molecule has 2 aromatic heterocycles. The van der Waals surface area contributed by atoms with Gasteiger partial charge in [-0.25, -0.2) is 0 Å². The molecule has 38 heavy (non-hydrogen) atoms. The van der Waals surface area contributed by atoms with Gasteiger partial charge >= 0.3 is 0 Å². The highest BCUT2D eigenvalue weighted by molar-refractivity contribution is 6.31. The van der Waals surface area contributed by atoms with E-state index in [1.54, 1.807) is 39.5 Å². The molecule has 1 saturated heterocycles. The van der Waals surface area contributed by atoms with E-state index in [1.807, 2.05) is 24.3 Å². The zero-order chi connectivity index (χ0) is 27.0. The van der Waals surface area contributed by atoms with Crippen LogP contribution in [0.5, 0.6) is 5.75 Å². The fraction of sp³-hybridized carbons (Fsp3) is 0.333. The number of carbonyl (C=O) groups excluding carboxylic acids is 1. The van der Waals surface area contributed by atoms with Gasteiger partial charge in [-0.3, -0.25) is 14.7 Å². The van der Waals surface area contributed by atoms with Crippen LogP contribution in [-0.4, -0.2) is 68.2 Å². The van der Waals surface area contributed by atoms with E-state index in [9.17, 15) is 4.79 Å². The molecule has 2 aromatic carbocycles. The first-order valence-electron chi connectivity index (χ1n) is 12.6. The lowest BCUT2D eigenvalue weighted by Crippen LogP contribution is -2.48. The van der Waals surface area contributed by atoms with Gasteiger partial charge in [0.15, 0.2) is 5.58 Å². The zero-order valence-corrected chi connectivity index (χ0v) is 23.1. The quantitative estimate of drug-likeness (QED) is 0.298. The first-order valence-corrected chi connectivity index (χ1v) is 13.0. The molecule has 0 spiro atoms. The summed E-state index contributed by atoms with van der Waals surface area (Å²) in [4.78, 5) is 20.9. The maximum absolute atomic E-state index is 12.4. The molecular weight excluding hydrogens is 502 g/mol. The Balaban J connectivity index is 1.52. The second-order valence-corrected chi connectivity index (χ2v) is 10.6. The van der Waals surface area contributed by atoms with Crippen molar-refractivity contribution in [2.24, 2.45) is 0 Å². The molecule has 4 aromatic rings. The normalized spacial score (nSPS) is 14.6. The minimum absolute atomic E-state index is 0.0967. The van der Waals surface area contributed by atoms with Crippen molar-refractivity contribution in [3.8, 4) is 28.2 Å². The molecule has 1 aliphatic rings. The van der Waals surface area contributed by atoms with Crippen molar-refractivity contribution in [3.63, 3.8) is 0 Å². The van der Waals surface area contributed by atoms with Crippen molar-refractivity contribution in [1.29, 1.82) is 0 Å². The molecule has 5 rings (SSSR count). The van der Waals surface area contributed by atoms with E-state index in [0.717, 1.165) is 54.1 Å². The van der Waals surface area contributed by atoms with Crippen LogP contribution < -0.4 is 4.74 Å². The summed E-state index contributed by atoms with van der Waals surface area (Å²) in [6.45, 7) is 7.61. The molecular formula is C30H32ClN3O4. The van der Waals surface area contributed by atoms with Gasteiger partial charge in [0.1, 0.15) is 17.0 Å². The van der Waals surface area contributed by atoms with Crippen molar-refractivity contribution >= 4 is 28.6 Å². The Morgan fingerprint density at radius 2 is 1.82 bits per heavy atom. The van der Waals surface area contributed by atoms with E-state index in [1.165, 1.54) is 4.90 Å². The van der Waals surface area contributed by atoms with Gasteiger partial charge in [-0.1, -0.05) is 23.7 Å². The lowest BCUT2D eigenvalue weighted by molar-refractivity contribution is -0.0117. The molecule has 0 bridgehead atoms. The summed E-state index contributed by atoms with van der Waals surface area (Å²) in [5, 5.41) is 0.707. The standard InChI is InChI=1S/C30H32ClN3O4/c1-30(2,34-12-14-37-15-13-34)23-9-7-19(16-24(23)31)21-10-11-32-25-18-27(38-28(21)25)22-8-6-20(17-26(22)36-5)29(35)33(3)4/h6-11,16-18H,12-15H2,1-5H3. The molecule has 1 aliphatic heterocycles. The Kier molecular flexibility index (Phi) is 7.18. The number of furan rings is 1. The summed E-state index contributed by atoms with van der Waals surface area (Å²) in [7, 11) is 5.02. The Hall–Kier alpha value is -3.39. The van der Waals surface area contributed by atoms with Crippen LogP contribution in [0, 0.1) is 0 Å². The summed E-state index contributed by atoms with van der Waals surface area (Å²) in [6, 6.07) is 15.4. The Bertz CT molecular complexity index is 1490. The molecule has 0 N–H and O–H groups in total. The summed E-state index contributed by atoms with van der Waals surface area (Å²) >= 11 is 6.89. The first-order chi connectivity index (χ1) is 18.2. The van der Waals surface area contributed by atoms with Gasteiger partial charge in [0.25, 0.3) is 5.91 Å². The third-order valence-corrected chi connectivity index (χ3v) is 7.59. The second kappa shape index (κ2) is 10.4. The van der Waals surface area contributed by atoms with E-state index in [4.69, 9.17) is 25.5 Å². The third-order valence-electron chi connectivity index (χ3n) is 7.27. The summed E-state index contributed by atoms with van der Waals surface area (Å²) in [6.07, 6.45) is 1.77. The number of aromatic nitrogens is 1. The third kappa shape index (κ3) is 4.77. The SMILES string of the molecule is COc1cc(C(=O)N(C)C)ccc1-c1cc2nccc(-c3ccc(C(C)(C)N4CCOCC4)c(Cl)c3)c2o1. The van der Waals surface area contributed by atoms with E-state index < -0.39 is 0 Å². The van der Waals surface area contributed by atoms with Gasteiger partial charge < -0.3 is 18.8 Å². The number of morpholine rings is 1. The number of rotatable bonds is 6. The number of nitrogens with zero attached hydrogens (tertiary/aromatic N) is 3. The fourth-order valence-corrected chi connectivity index (χ4v) is 5.47. The molecule has 7 nitrogen and oxygen atoms in total. The van der Waals surface area contributed by atoms with Crippen LogP contribution in [0.1, 0.15) is 29.8 Å². The van der Waals surface area contributed by atoms with Gasteiger partial charge in [-0.2, -0.15) is 0 Å². The maximum Gasteiger partial charge on any atom is 0.253 e. The topological polar surface area (TPSA) is 68.0 Å². The minimum atomic E-state index is -0.221. The number of halogens is 1.